The van der Waals surface area contributed by atoms with Crippen LogP contribution in [0.4, 0.5) is 0 Å². The first-order valence-corrected chi connectivity index (χ1v) is 14.2. The van der Waals surface area contributed by atoms with Crippen molar-refractivity contribution in [1.82, 2.24) is 0 Å². The van der Waals surface area contributed by atoms with E-state index >= 15 is 0 Å². The summed E-state index contributed by atoms with van der Waals surface area (Å²) in [5, 5.41) is 2.77. The number of benzene rings is 2. The van der Waals surface area contributed by atoms with Gasteiger partial charge in [0.2, 0.25) is 5.69 Å². The van der Waals surface area contributed by atoms with Crippen molar-refractivity contribution in [2.75, 3.05) is 0 Å². The Morgan fingerprint density at radius 2 is 1.61 bits per heavy atom. The fraction of sp³-hybridized carbons (Fsp3) is 0.423. The number of fused-ring (bicyclic) bond motifs is 1. The molecule has 0 amide bonds. The Labute approximate surface area is 171 Å². The second-order valence-corrected chi connectivity index (χ2v) is 15.1. The molecule has 0 bridgehead atoms. The fourth-order valence-corrected chi connectivity index (χ4v) is 7.41. The molecule has 0 atom stereocenters. The van der Waals surface area contributed by atoms with E-state index in [4.69, 9.17) is 0 Å². The van der Waals surface area contributed by atoms with Gasteiger partial charge < -0.3 is 0 Å². The van der Waals surface area contributed by atoms with Crippen LogP contribution in [-0.2, 0) is 7.05 Å². The smallest absolute Gasteiger partial charge is 0.198 e. The number of aromatic nitrogens is 1. The summed E-state index contributed by atoms with van der Waals surface area (Å²) < 4.78 is 2.36. The minimum Gasteiger partial charge on any atom is -0.198 e. The molecule has 1 aliphatic heterocycles. The molecule has 2 heterocycles. The molecule has 0 unspecified atom stereocenters. The number of nitrogens with zero attached hydrogens (tertiary/aromatic N) is 1. The number of rotatable bonds is 2. The van der Waals surface area contributed by atoms with E-state index in [1.807, 2.05) is 0 Å². The van der Waals surface area contributed by atoms with E-state index in [1.54, 1.807) is 5.56 Å². The molecule has 0 saturated carbocycles. The molecule has 0 radical (unpaired) electrons. The van der Waals surface area contributed by atoms with Gasteiger partial charge in [-0.15, -0.1) is 0 Å². The lowest BCUT2D eigenvalue weighted by Gasteiger charge is -2.33. The molecular formula is C26H34NSi+. The Balaban J connectivity index is 1.84. The predicted octanol–water partition coefficient (Wildman–Crippen LogP) is 6.84. The molecule has 1 saturated heterocycles. The lowest BCUT2D eigenvalue weighted by Crippen LogP contribution is -2.35. The monoisotopic (exact) mass is 388 g/mol. The van der Waals surface area contributed by atoms with Crippen LogP contribution in [0.5, 0.6) is 0 Å². The zero-order valence-electron chi connectivity index (χ0n) is 18.4. The minimum absolute atomic E-state index is 0.753. The molecule has 28 heavy (non-hydrogen) atoms. The highest BCUT2D eigenvalue weighted by atomic mass is 28.3. The van der Waals surface area contributed by atoms with Crippen molar-refractivity contribution in [2.45, 2.75) is 64.7 Å². The van der Waals surface area contributed by atoms with Gasteiger partial charge in [0.15, 0.2) is 5.69 Å². The van der Waals surface area contributed by atoms with Gasteiger partial charge in [-0.05, 0) is 61.3 Å². The quantitative estimate of drug-likeness (QED) is 0.334. The van der Waals surface area contributed by atoms with Crippen LogP contribution in [-0.4, -0.2) is 8.07 Å². The maximum atomic E-state index is 2.56. The molecule has 3 aromatic rings. The van der Waals surface area contributed by atoms with Crippen molar-refractivity contribution < 1.29 is 4.57 Å². The number of hydrogen-bond donors (Lipinski definition) is 0. The molecule has 1 nitrogen and oxygen atoms in total. The second-order valence-electron chi connectivity index (χ2n) is 9.80. The molecule has 0 aliphatic carbocycles. The first-order chi connectivity index (χ1) is 13.2. The Hall–Kier alpha value is -1.93. The zero-order valence-corrected chi connectivity index (χ0v) is 19.4. The van der Waals surface area contributed by atoms with Crippen molar-refractivity contribution in [3.63, 3.8) is 0 Å². The predicted molar refractivity (Wildman–Crippen MR) is 124 cm³/mol. The van der Waals surface area contributed by atoms with Crippen LogP contribution in [0.15, 0.2) is 42.5 Å². The molecule has 1 aromatic heterocycles. The third-order valence-electron chi connectivity index (χ3n) is 7.02. The largest absolute Gasteiger partial charge is 0.220 e. The molecule has 2 aromatic carbocycles. The van der Waals surface area contributed by atoms with Gasteiger partial charge in [-0.25, -0.2) is 0 Å². The van der Waals surface area contributed by atoms with Gasteiger partial charge >= 0.3 is 0 Å². The van der Waals surface area contributed by atoms with E-state index < -0.39 is 8.07 Å². The van der Waals surface area contributed by atoms with Crippen LogP contribution in [0.25, 0.3) is 22.0 Å². The SMILES string of the molecule is Cc1ccc(C)c(-c2c3ccc(C4CC[Si](C)(C)CC4)cc3cc(C)[n+]2C)c1. The zero-order chi connectivity index (χ0) is 20.1. The van der Waals surface area contributed by atoms with Gasteiger partial charge in [0.1, 0.15) is 7.05 Å². The normalized spacial score (nSPS) is 17.2. The second kappa shape index (κ2) is 7.15. The lowest BCUT2D eigenvalue weighted by atomic mass is 9.90. The summed E-state index contributed by atoms with van der Waals surface area (Å²) in [6.45, 7) is 11.8. The fourth-order valence-electron chi connectivity index (χ4n) is 4.90. The molecule has 2 heteroatoms. The van der Waals surface area contributed by atoms with E-state index in [2.05, 4.69) is 87.9 Å². The summed E-state index contributed by atoms with van der Waals surface area (Å²) in [4.78, 5) is 0. The summed E-state index contributed by atoms with van der Waals surface area (Å²) in [6.07, 6.45) is 2.77. The molecule has 4 rings (SSSR count). The highest BCUT2D eigenvalue weighted by Crippen LogP contribution is 2.39. The molecule has 1 aliphatic rings. The minimum atomic E-state index is -0.903. The Kier molecular flexibility index (Phi) is 4.95. The Morgan fingerprint density at radius 3 is 2.32 bits per heavy atom. The van der Waals surface area contributed by atoms with Crippen LogP contribution in [0.1, 0.15) is 41.1 Å². The summed E-state index contributed by atoms with van der Waals surface area (Å²) in [5.41, 5.74) is 8.24. The number of hydrogen-bond acceptors (Lipinski definition) is 0. The topological polar surface area (TPSA) is 3.88 Å². The number of pyridine rings is 1. The van der Waals surface area contributed by atoms with Crippen LogP contribution in [0.3, 0.4) is 0 Å². The molecular weight excluding hydrogens is 354 g/mol. The van der Waals surface area contributed by atoms with Crippen molar-refractivity contribution in [2.24, 2.45) is 7.05 Å². The number of aryl methyl sites for hydroxylation is 3. The summed E-state index contributed by atoms with van der Waals surface area (Å²) in [7, 11) is 1.30. The van der Waals surface area contributed by atoms with Crippen LogP contribution in [0.2, 0.25) is 25.2 Å². The standard InChI is InChI=1S/C26H34NSi/c1-18-7-8-19(2)25(15-18)26-24-10-9-22(17-23(24)16-20(3)27(26)4)21-11-13-28(5,6)14-12-21/h7-10,15-17,21H,11-14H2,1-6H3/q+1. The average molecular weight is 389 g/mol. The Bertz CT molecular complexity index is 1040. The van der Waals surface area contributed by atoms with Crippen molar-refractivity contribution >= 4 is 18.8 Å². The third kappa shape index (κ3) is 3.55. The molecule has 1 fully saturated rings. The Morgan fingerprint density at radius 1 is 0.893 bits per heavy atom. The van der Waals surface area contributed by atoms with Gasteiger partial charge in [-0.1, -0.05) is 55.0 Å². The van der Waals surface area contributed by atoms with Gasteiger partial charge in [0.25, 0.3) is 0 Å². The van der Waals surface area contributed by atoms with E-state index in [0.29, 0.717) is 0 Å². The third-order valence-corrected chi connectivity index (χ3v) is 10.3. The van der Waals surface area contributed by atoms with Crippen molar-refractivity contribution in [1.29, 1.82) is 0 Å². The summed E-state index contributed by atoms with van der Waals surface area (Å²) >= 11 is 0. The van der Waals surface area contributed by atoms with Gasteiger partial charge in [-0.2, -0.15) is 4.57 Å². The maximum absolute atomic E-state index is 2.56. The summed E-state index contributed by atoms with van der Waals surface area (Å²) in [5.74, 6) is 0.753. The first kappa shape index (κ1) is 19.4. The lowest BCUT2D eigenvalue weighted by molar-refractivity contribution is -0.665. The van der Waals surface area contributed by atoms with Crippen LogP contribution < -0.4 is 4.57 Å². The average Bonchev–Trinajstić information content (AvgIpc) is 2.65. The van der Waals surface area contributed by atoms with Crippen molar-refractivity contribution in [3.05, 3.63) is 64.8 Å². The van der Waals surface area contributed by atoms with Crippen molar-refractivity contribution in [3.8, 4) is 11.3 Å². The van der Waals surface area contributed by atoms with Crippen LogP contribution >= 0.6 is 0 Å². The van der Waals surface area contributed by atoms with Gasteiger partial charge in [0.05, 0.1) is 5.39 Å². The maximum Gasteiger partial charge on any atom is 0.220 e. The molecule has 0 N–H and O–H groups in total. The van der Waals surface area contributed by atoms with Crippen LogP contribution in [0, 0.1) is 20.8 Å². The van der Waals surface area contributed by atoms with E-state index in [9.17, 15) is 0 Å². The first-order valence-electron chi connectivity index (χ1n) is 10.8. The van der Waals surface area contributed by atoms with Gasteiger partial charge in [-0.3, -0.25) is 0 Å². The van der Waals surface area contributed by atoms with E-state index in [0.717, 1.165) is 5.92 Å². The highest BCUT2D eigenvalue weighted by Gasteiger charge is 2.29. The van der Waals surface area contributed by atoms with E-state index in [-0.39, 0.29) is 0 Å². The summed E-state index contributed by atoms with van der Waals surface area (Å²) in [6, 6.07) is 19.4. The molecule has 146 valence electrons. The van der Waals surface area contributed by atoms with E-state index in [1.165, 1.54) is 63.8 Å². The van der Waals surface area contributed by atoms with Gasteiger partial charge in [0, 0.05) is 26.6 Å². The molecule has 0 spiro atoms. The highest BCUT2D eigenvalue weighted by molar-refractivity contribution is 6.77.